The molecule has 2 unspecified atom stereocenters. The molecule has 0 radical (unpaired) electrons. The fraction of sp³-hybridized carbons (Fsp3) is 1.00. The molecule has 0 amide bonds. The number of hydrogen-bond acceptors (Lipinski definition) is 5. The molecule has 0 aromatic rings. The van der Waals surface area contributed by atoms with Crippen LogP contribution in [0.2, 0.25) is 0 Å². The molecule has 4 aliphatic rings. The van der Waals surface area contributed by atoms with Crippen LogP contribution in [0.4, 0.5) is 0 Å². The van der Waals surface area contributed by atoms with Gasteiger partial charge < -0.3 is 25.2 Å². The standard InChI is InChI=1S/C30H54O5/c31-21-27(33)29(23-13-5-1-6-14-23,24-15-7-2-8-16-24)35-30(28(34)22-32,25-17-9-3-10-18-25)26-19-11-4-12-20-26/h23-28,31-34H,1-22H2. The highest BCUT2D eigenvalue weighted by atomic mass is 16.6. The highest BCUT2D eigenvalue weighted by Crippen LogP contribution is 2.55. The lowest BCUT2D eigenvalue weighted by Gasteiger charge is -2.60. The normalized spacial score (nSPS) is 27.1. The molecule has 0 aromatic carbocycles. The van der Waals surface area contributed by atoms with Crippen molar-refractivity contribution in [3.63, 3.8) is 0 Å². The Balaban J connectivity index is 1.84. The molecule has 5 heteroatoms. The van der Waals surface area contributed by atoms with E-state index in [9.17, 15) is 20.4 Å². The van der Waals surface area contributed by atoms with Crippen LogP contribution in [0.25, 0.3) is 0 Å². The zero-order valence-corrected chi connectivity index (χ0v) is 22.2. The second kappa shape index (κ2) is 13.0. The molecule has 35 heavy (non-hydrogen) atoms. The van der Waals surface area contributed by atoms with Crippen molar-refractivity contribution >= 4 is 0 Å². The Morgan fingerprint density at radius 3 is 0.886 bits per heavy atom. The summed E-state index contributed by atoms with van der Waals surface area (Å²) in [4.78, 5) is 0. The van der Waals surface area contributed by atoms with Gasteiger partial charge >= 0.3 is 0 Å². The second-order valence-electron chi connectivity index (χ2n) is 12.5. The SMILES string of the molecule is OCC(O)C(OC(C(O)CO)(C1CCCCC1)C1CCCCC1)(C1CCCCC1)C1CCCCC1. The minimum atomic E-state index is -0.953. The summed E-state index contributed by atoms with van der Waals surface area (Å²) in [5.41, 5.74) is -1.69. The maximum atomic E-state index is 11.8. The van der Waals surface area contributed by atoms with E-state index in [0.29, 0.717) is 0 Å². The van der Waals surface area contributed by atoms with Crippen molar-refractivity contribution in [2.24, 2.45) is 23.7 Å². The molecule has 2 atom stereocenters. The zero-order valence-electron chi connectivity index (χ0n) is 22.2. The molecular weight excluding hydrogens is 440 g/mol. The maximum absolute atomic E-state index is 11.8. The molecule has 0 aliphatic heterocycles. The summed E-state index contributed by atoms with van der Waals surface area (Å²) in [5, 5.41) is 44.5. The summed E-state index contributed by atoms with van der Waals surface area (Å²) in [6.07, 6.45) is 20.3. The third-order valence-corrected chi connectivity index (χ3v) is 10.7. The quantitative estimate of drug-likeness (QED) is 0.322. The Bertz CT molecular complexity index is 512. The van der Waals surface area contributed by atoms with E-state index in [1.54, 1.807) is 0 Å². The molecular formula is C30H54O5. The van der Waals surface area contributed by atoms with Gasteiger partial charge in [-0.25, -0.2) is 0 Å². The van der Waals surface area contributed by atoms with Crippen LogP contribution in [0, 0.1) is 23.7 Å². The van der Waals surface area contributed by atoms with Gasteiger partial charge in [0.05, 0.1) is 13.2 Å². The van der Waals surface area contributed by atoms with Crippen LogP contribution in [0.5, 0.6) is 0 Å². The molecule has 4 N–H and O–H groups in total. The largest absolute Gasteiger partial charge is 0.394 e. The van der Waals surface area contributed by atoms with Crippen molar-refractivity contribution in [3.8, 4) is 0 Å². The molecule has 4 aliphatic carbocycles. The minimum absolute atomic E-state index is 0.193. The van der Waals surface area contributed by atoms with E-state index >= 15 is 0 Å². The molecule has 0 spiro atoms. The summed E-state index contributed by atoms with van der Waals surface area (Å²) >= 11 is 0. The van der Waals surface area contributed by atoms with E-state index in [2.05, 4.69) is 0 Å². The van der Waals surface area contributed by atoms with Gasteiger partial charge in [0.2, 0.25) is 0 Å². The smallest absolute Gasteiger partial charge is 0.107 e. The minimum Gasteiger partial charge on any atom is -0.394 e. The average Bonchev–Trinajstić information content (AvgIpc) is 2.95. The van der Waals surface area contributed by atoms with Crippen LogP contribution < -0.4 is 0 Å². The number of ether oxygens (including phenoxy) is 1. The van der Waals surface area contributed by atoms with Crippen LogP contribution in [0.3, 0.4) is 0 Å². The molecule has 0 bridgehead atoms. The molecule has 4 fully saturated rings. The van der Waals surface area contributed by atoms with Crippen molar-refractivity contribution in [3.05, 3.63) is 0 Å². The summed E-state index contributed by atoms with van der Waals surface area (Å²) in [6, 6.07) is 0. The first-order valence-electron chi connectivity index (χ1n) is 15.4. The number of aliphatic hydroxyl groups excluding tert-OH is 4. The van der Waals surface area contributed by atoms with Crippen LogP contribution in [-0.4, -0.2) is 57.0 Å². The molecule has 0 aromatic heterocycles. The maximum Gasteiger partial charge on any atom is 0.107 e. The van der Waals surface area contributed by atoms with Crippen LogP contribution in [0.15, 0.2) is 0 Å². The zero-order chi connectivity index (χ0) is 24.7. The van der Waals surface area contributed by atoms with Gasteiger partial charge in [-0.2, -0.15) is 0 Å². The lowest BCUT2D eigenvalue weighted by molar-refractivity contribution is -0.320. The highest BCUT2D eigenvalue weighted by molar-refractivity contribution is 5.09. The van der Waals surface area contributed by atoms with Gasteiger partial charge in [0.15, 0.2) is 0 Å². The topological polar surface area (TPSA) is 90.2 Å². The molecule has 5 nitrogen and oxygen atoms in total. The van der Waals surface area contributed by atoms with Gasteiger partial charge in [0.1, 0.15) is 23.4 Å². The Morgan fingerprint density at radius 2 is 0.686 bits per heavy atom. The molecule has 0 heterocycles. The van der Waals surface area contributed by atoms with E-state index in [-0.39, 0.29) is 36.9 Å². The fourth-order valence-electron chi connectivity index (χ4n) is 9.03. The van der Waals surface area contributed by atoms with Crippen molar-refractivity contribution in [2.75, 3.05) is 13.2 Å². The van der Waals surface area contributed by atoms with Gasteiger partial charge in [-0.15, -0.1) is 0 Å². The van der Waals surface area contributed by atoms with Gasteiger partial charge in [-0.3, -0.25) is 0 Å². The first kappa shape index (κ1) is 27.8. The summed E-state index contributed by atoms with van der Waals surface area (Å²) in [5.74, 6) is 0.774. The lowest BCUT2D eigenvalue weighted by Crippen LogP contribution is -2.69. The Hall–Kier alpha value is -0.200. The summed E-state index contributed by atoms with van der Waals surface area (Å²) in [7, 11) is 0. The summed E-state index contributed by atoms with van der Waals surface area (Å²) in [6.45, 7) is -0.596. The van der Waals surface area contributed by atoms with Gasteiger partial charge in [-0.05, 0) is 75.0 Å². The number of aliphatic hydroxyl groups is 4. The van der Waals surface area contributed by atoms with Crippen molar-refractivity contribution in [1.29, 1.82) is 0 Å². The average molecular weight is 495 g/mol. The number of rotatable bonds is 10. The Morgan fingerprint density at radius 1 is 0.457 bits per heavy atom. The van der Waals surface area contributed by atoms with Gasteiger partial charge in [0, 0.05) is 0 Å². The van der Waals surface area contributed by atoms with Crippen LogP contribution in [-0.2, 0) is 4.74 Å². The second-order valence-corrected chi connectivity index (χ2v) is 12.5. The van der Waals surface area contributed by atoms with E-state index in [1.807, 2.05) is 0 Å². The predicted molar refractivity (Wildman–Crippen MR) is 139 cm³/mol. The van der Waals surface area contributed by atoms with E-state index in [0.717, 1.165) is 103 Å². The van der Waals surface area contributed by atoms with E-state index in [1.165, 1.54) is 25.7 Å². The lowest BCUT2D eigenvalue weighted by atomic mass is 9.60. The Kier molecular flexibility index (Phi) is 10.4. The Labute approximate surface area is 214 Å². The van der Waals surface area contributed by atoms with Crippen molar-refractivity contribution in [1.82, 2.24) is 0 Å². The summed E-state index contributed by atoms with van der Waals surface area (Å²) < 4.78 is 7.67. The third-order valence-electron chi connectivity index (χ3n) is 10.7. The first-order valence-corrected chi connectivity index (χ1v) is 15.4. The van der Waals surface area contributed by atoms with Gasteiger partial charge in [-0.1, -0.05) is 77.0 Å². The van der Waals surface area contributed by atoms with E-state index in [4.69, 9.17) is 4.74 Å². The van der Waals surface area contributed by atoms with Crippen molar-refractivity contribution < 1.29 is 25.2 Å². The van der Waals surface area contributed by atoms with Crippen molar-refractivity contribution in [2.45, 2.75) is 152 Å². The van der Waals surface area contributed by atoms with E-state index < -0.39 is 23.4 Å². The van der Waals surface area contributed by atoms with Crippen LogP contribution >= 0.6 is 0 Å². The monoisotopic (exact) mass is 494 g/mol. The van der Waals surface area contributed by atoms with Gasteiger partial charge in [0.25, 0.3) is 0 Å². The first-order chi connectivity index (χ1) is 17.1. The third kappa shape index (κ3) is 5.65. The fourth-order valence-corrected chi connectivity index (χ4v) is 9.03. The molecule has 4 rings (SSSR count). The predicted octanol–water partition coefficient (Wildman–Crippen LogP) is 5.51. The van der Waals surface area contributed by atoms with Crippen LogP contribution in [0.1, 0.15) is 128 Å². The molecule has 0 saturated heterocycles. The molecule has 204 valence electrons. The highest BCUT2D eigenvalue weighted by Gasteiger charge is 2.61. The number of hydrogen-bond donors (Lipinski definition) is 4. The molecule has 4 saturated carbocycles.